The number of sulfone groups is 1. The van der Waals surface area contributed by atoms with Gasteiger partial charge in [0.2, 0.25) is 0 Å². The van der Waals surface area contributed by atoms with Gasteiger partial charge >= 0.3 is 0 Å². The predicted molar refractivity (Wildman–Crippen MR) is 112 cm³/mol. The van der Waals surface area contributed by atoms with E-state index in [1.807, 2.05) is 18.2 Å². The summed E-state index contributed by atoms with van der Waals surface area (Å²) in [5.74, 6) is -0.401. The predicted octanol–water partition coefficient (Wildman–Crippen LogP) is 2.96. The molecule has 3 aromatic rings. The molecule has 1 aromatic heterocycles. The Balaban J connectivity index is 1.53. The molecule has 0 spiro atoms. The van der Waals surface area contributed by atoms with E-state index in [0.29, 0.717) is 22.8 Å². The lowest BCUT2D eigenvalue weighted by atomic mass is 10.2. The maximum atomic E-state index is 12.4. The largest absolute Gasteiger partial charge is 0.351 e. The van der Waals surface area contributed by atoms with Crippen LogP contribution in [0.2, 0.25) is 5.02 Å². The first-order valence-corrected chi connectivity index (χ1v) is 11.3. The number of hydrogen-bond acceptors (Lipinski definition) is 5. The number of nitrogens with zero attached hydrogens (tertiary/aromatic N) is 3. The highest BCUT2D eigenvalue weighted by Gasteiger charge is 2.17. The number of rotatable bonds is 8. The minimum Gasteiger partial charge on any atom is -0.351 e. The molecule has 9 heteroatoms. The molecular weight excluding hydrogens is 412 g/mol. The minimum atomic E-state index is -3.24. The standard InChI is InChI=1S/C20H21ClN4O3S/c1-15-19(24-25(23-15)18-10-5-9-17(21)13-18)20(26)22-11-6-12-29(27,28)14-16-7-3-2-4-8-16/h2-5,7-10,13H,6,11-12,14H2,1H3,(H,22,26). The number of nitrogens with one attached hydrogen (secondary N) is 1. The van der Waals surface area contributed by atoms with Crippen molar-refractivity contribution in [3.8, 4) is 5.69 Å². The highest BCUT2D eigenvalue weighted by molar-refractivity contribution is 7.90. The van der Waals surface area contributed by atoms with Gasteiger partial charge in [-0.15, -0.1) is 5.10 Å². The maximum absolute atomic E-state index is 12.4. The Labute approximate surface area is 174 Å². The third kappa shape index (κ3) is 5.88. The molecule has 1 heterocycles. The Morgan fingerprint density at radius 3 is 2.59 bits per heavy atom. The molecule has 0 fully saturated rings. The molecule has 0 bridgehead atoms. The summed E-state index contributed by atoms with van der Waals surface area (Å²) < 4.78 is 24.4. The number of benzene rings is 2. The fraction of sp³-hybridized carbons (Fsp3) is 0.250. The SMILES string of the molecule is Cc1nn(-c2cccc(Cl)c2)nc1C(=O)NCCCS(=O)(=O)Cc1ccccc1. The average Bonchev–Trinajstić information content (AvgIpc) is 3.07. The van der Waals surface area contributed by atoms with E-state index in [9.17, 15) is 13.2 Å². The van der Waals surface area contributed by atoms with Crippen LogP contribution in [0.25, 0.3) is 5.69 Å². The van der Waals surface area contributed by atoms with Gasteiger partial charge in [0.25, 0.3) is 5.91 Å². The van der Waals surface area contributed by atoms with Gasteiger partial charge in [0, 0.05) is 11.6 Å². The van der Waals surface area contributed by atoms with E-state index in [4.69, 9.17) is 11.6 Å². The number of aromatic nitrogens is 3. The topological polar surface area (TPSA) is 93.9 Å². The van der Waals surface area contributed by atoms with Crippen molar-refractivity contribution in [1.29, 1.82) is 0 Å². The van der Waals surface area contributed by atoms with E-state index in [2.05, 4.69) is 15.5 Å². The molecule has 1 N–H and O–H groups in total. The number of carbonyl (C=O) groups excluding carboxylic acids is 1. The lowest BCUT2D eigenvalue weighted by Gasteiger charge is -2.06. The summed E-state index contributed by atoms with van der Waals surface area (Å²) in [6.07, 6.45) is 0.322. The van der Waals surface area contributed by atoms with Crippen LogP contribution in [0.1, 0.15) is 28.2 Å². The molecule has 152 valence electrons. The maximum Gasteiger partial charge on any atom is 0.273 e. The van der Waals surface area contributed by atoms with Crippen molar-refractivity contribution < 1.29 is 13.2 Å². The summed E-state index contributed by atoms with van der Waals surface area (Å²) in [7, 11) is -3.24. The van der Waals surface area contributed by atoms with E-state index in [0.717, 1.165) is 5.56 Å². The molecule has 0 saturated heterocycles. The second-order valence-corrected chi connectivity index (χ2v) is 9.21. The Morgan fingerprint density at radius 1 is 1.10 bits per heavy atom. The van der Waals surface area contributed by atoms with Gasteiger partial charge in [-0.1, -0.05) is 48.0 Å². The Bertz CT molecular complexity index is 1100. The van der Waals surface area contributed by atoms with Crippen LogP contribution >= 0.6 is 11.6 Å². The molecule has 7 nitrogen and oxygen atoms in total. The zero-order valence-corrected chi connectivity index (χ0v) is 17.4. The summed E-state index contributed by atoms with van der Waals surface area (Å²) in [5, 5.41) is 11.7. The van der Waals surface area contributed by atoms with E-state index >= 15 is 0 Å². The van der Waals surface area contributed by atoms with Gasteiger partial charge in [-0.25, -0.2) is 8.42 Å². The molecule has 0 atom stereocenters. The highest BCUT2D eigenvalue weighted by atomic mass is 35.5. The number of aryl methyl sites for hydroxylation is 1. The van der Waals surface area contributed by atoms with Crippen molar-refractivity contribution >= 4 is 27.3 Å². The Kier molecular flexibility index (Phi) is 6.66. The van der Waals surface area contributed by atoms with Crippen LogP contribution < -0.4 is 5.32 Å². The van der Waals surface area contributed by atoms with Crippen LogP contribution in [-0.4, -0.2) is 41.6 Å². The van der Waals surface area contributed by atoms with Crippen molar-refractivity contribution in [3.05, 3.63) is 76.6 Å². The summed E-state index contributed by atoms with van der Waals surface area (Å²) in [5.41, 5.74) is 2.06. The van der Waals surface area contributed by atoms with Crippen molar-refractivity contribution in [3.63, 3.8) is 0 Å². The van der Waals surface area contributed by atoms with Crippen molar-refractivity contribution in [2.75, 3.05) is 12.3 Å². The van der Waals surface area contributed by atoms with Gasteiger partial charge in [0.05, 0.1) is 22.9 Å². The molecule has 1 amide bonds. The quantitative estimate of drug-likeness (QED) is 0.552. The van der Waals surface area contributed by atoms with E-state index in [-0.39, 0.29) is 23.7 Å². The molecule has 0 unspecified atom stereocenters. The molecular formula is C20H21ClN4O3S. The lowest BCUT2D eigenvalue weighted by Crippen LogP contribution is -2.27. The zero-order chi connectivity index (χ0) is 20.9. The molecule has 0 aliphatic heterocycles. The van der Waals surface area contributed by atoms with Gasteiger partial charge in [-0.2, -0.15) is 9.90 Å². The first kappa shape index (κ1) is 21.0. The first-order chi connectivity index (χ1) is 13.8. The normalized spacial score (nSPS) is 11.4. The third-order valence-corrected chi connectivity index (χ3v) is 6.10. The number of carbonyl (C=O) groups is 1. The van der Waals surface area contributed by atoms with Crippen molar-refractivity contribution in [2.45, 2.75) is 19.1 Å². The van der Waals surface area contributed by atoms with Crippen LogP contribution in [0.5, 0.6) is 0 Å². The van der Waals surface area contributed by atoms with Gasteiger partial charge in [-0.05, 0) is 37.1 Å². The molecule has 0 aliphatic rings. The zero-order valence-electron chi connectivity index (χ0n) is 15.9. The molecule has 0 saturated carbocycles. The van der Waals surface area contributed by atoms with Crippen LogP contribution in [0.3, 0.4) is 0 Å². The summed E-state index contributed by atoms with van der Waals surface area (Å²) in [4.78, 5) is 13.7. The Morgan fingerprint density at radius 2 is 1.86 bits per heavy atom. The smallest absolute Gasteiger partial charge is 0.273 e. The molecule has 0 radical (unpaired) electrons. The van der Waals surface area contributed by atoms with Gasteiger partial charge in [0.1, 0.15) is 0 Å². The van der Waals surface area contributed by atoms with Crippen molar-refractivity contribution in [1.82, 2.24) is 20.3 Å². The number of amides is 1. The van der Waals surface area contributed by atoms with Gasteiger partial charge < -0.3 is 5.32 Å². The van der Waals surface area contributed by atoms with E-state index in [1.165, 1.54) is 4.80 Å². The molecule has 3 rings (SSSR count). The van der Waals surface area contributed by atoms with E-state index < -0.39 is 15.7 Å². The second kappa shape index (κ2) is 9.19. The van der Waals surface area contributed by atoms with Gasteiger partial charge in [0.15, 0.2) is 15.5 Å². The van der Waals surface area contributed by atoms with Gasteiger partial charge in [-0.3, -0.25) is 4.79 Å². The van der Waals surface area contributed by atoms with Crippen LogP contribution in [0, 0.1) is 6.92 Å². The van der Waals surface area contributed by atoms with E-state index in [1.54, 1.807) is 43.3 Å². The molecule has 29 heavy (non-hydrogen) atoms. The van der Waals surface area contributed by atoms with Crippen LogP contribution in [0.4, 0.5) is 0 Å². The fourth-order valence-electron chi connectivity index (χ4n) is 2.78. The fourth-order valence-corrected chi connectivity index (χ4v) is 4.40. The number of halogens is 1. The average molecular weight is 433 g/mol. The summed E-state index contributed by atoms with van der Waals surface area (Å²) >= 11 is 5.98. The summed E-state index contributed by atoms with van der Waals surface area (Å²) in [6, 6.07) is 16.0. The first-order valence-electron chi connectivity index (χ1n) is 9.06. The highest BCUT2D eigenvalue weighted by Crippen LogP contribution is 2.14. The number of hydrogen-bond donors (Lipinski definition) is 1. The molecule has 0 aliphatic carbocycles. The monoisotopic (exact) mass is 432 g/mol. The minimum absolute atomic E-state index is 0.00361. The summed E-state index contributed by atoms with van der Waals surface area (Å²) in [6.45, 7) is 1.92. The van der Waals surface area contributed by atoms with Crippen LogP contribution in [0.15, 0.2) is 54.6 Å². The molecule has 2 aromatic carbocycles. The lowest BCUT2D eigenvalue weighted by molar-refractivity contribution is 0.0947. The van der Waals surface area contributed by atoms with Crippen LogP contribution in [-0.2, 0) is 15.6 Å². The van der Waals surface area contributed by atoms with Crippen molar-refractivity contribution in [2.24, 2.45) is 0 Å². The third-order valence-electron chi connectivity index (χ3n) is 4.18. The second-order valence-electron chi connectivity index (χ2n) is 6.59. The Hall–Kier alpha value is -2.71.